The topological polar surface area (TPSA) is 32.8 Å². The van der Waals surface area contributed by atoms with Crippen molar-refractivity contribution in [1.82, 2.24) is 9.80 Å². The predicted octanol–water partition coefficient (Wildman–Crippen LogP) is 3.95. The summed E-state index contributed by atoms with van der Waals surface area (Å²) in [5.74, 6) is 0.928. The quantitative estimate of drug-likeness (QED) is 0.707. The van der Waals surface area contributed by atoms with Crippen LogP contribution >= 0.6 is 11.3 Å². The van der Waals surface area contributed by atoms with Crippen molar-refractivity contribution >= 4 is 17.2 Å². The van der Waals surface area contributed by atoms with Crippen molar-refractivity contribution in [3.05, 3.63) is 22.4 Å². The summed E-state index contributed by atoms with van der Waals surface area (Å²) in [6.45, 7) is 5.01. The van der Waals surface area contributed by atoms with E-state index in [-0.39, 0.29) is 12.0 Å². The van der Waals surface area contributed by atoms with E-state index in [2.05, 4.69) is 26.6 Å². The molecule has 0 unspecified atom stereocenters. The Balaban J connectivity index is 1.31. The number of amides is 1. The lowest BCUT2D eigenvalue weighted by Crippen LogP contribution is -2.45. The van der Waals surface area contributed by atoms with Crippen LogP contribution < -0.4 is 0 Å². The van der Waals surface area contributed by atoms with Crippen LogP contribution in [0.5, 0.6) is 0 Å². The number of piperidine rings is 1. The minimum Gasteiger partial charge on any atom is -0.376 e. The highest BCUT2D eigenvalue weighted by atomic mass is 32.1. The van der Waals surface area contributed by atoms with Gasteiger partial charge in [0.2, 0.25) is 5.91 Å². The number of ether oxygens (including phenoxy) is 1. The van der Waals surface area contributed by atoms with Gasteiger partial charge in [0.25, 0.3) is 0 Å². The van der Waals surface area contributed by atoms with E-state index >= 15 is 0 Å². The number of likely N-dealkylation sites (tertiary alicyclic amines) is 1. The fraction of sp³-hybridized carbons (Fsp3) is 0.773. The first-order valence-corrected chi connectivity index (χ1v) is 11.9. The third-order valence-corrected chi connectivity index (χ3v) is 7.44. The molecule has 3 aliphatic rings. The van der Waals surface area contributed by atoms with Gasteiger partial charge in [-0.2, -0.15) is 11.3 Å². The van der Waals surface area contributed by atoms with Gasteiger partial charge in [-0.3, -0.25) is 4.79 Å². The highest BCUT2D eigenvalue weighted by Crippen LogP contribution is 2.28. The monoisotopic (exact) mass is 390 g/mol. The van der Waals surface area contributed by atoms with Gasteiger partial charge in [0.1, 0.15) is 0 Å². The van der Waals surface area contributed by atoms with Gasteiger partial charge in [0.15, 0.2) is 0 Å². The Labute approximate surface area is 167 Å². The molecule has 27 heavy (non-hydrogen) atoms. The molecule has 0 spiro atoms. The van der Waals surface area contributed by atoms with Gasteiger partial charge in [-0.15, -0.1) is 0 Å². The molecule has 2 aliphatic heterocycles. The van der Waals surface area contributed by atoms with Gasteiger partial charge in [0.05, 0.1) is 12.5 Å². The molecule has 1 amide bonds. The molecule has 3 heterocycles. The molecule has 3 fully saturated rings. The highest BCUT2D eigenvalue weighted by Gasteiger charge is 2.30. The summed E-state index contributed by atoms with van der Waals surface area (Å²) in [6, 6.07) is 2.92. The Morgan fingerprint density at radius 3 is 2.59 bits per heavy atom. The Hall–Kier alpha value is -0.910. The minimum atomic E-state index is 0.245. The van der Waals surface area contributed by atoms with Crippen molar-refractivity contribution in [2.45, 2.75) is 69.9 Å². The summed E-state index contributed by atoms with van der Waals surface area (Å²) < 4.78 is 5.84. The number of nitrogens with zero attached hydrogens (tertiary/aromatic N) is 2. The number of hydrogen-bond donors (Lipinski definition) is 0. The van der Waals surface area contributed by atoms with E-state index in [0.717, 1.165) is 44.1 Å². The maximum Gasteiger partial charge on any atom is 0.227 e. The van der Waals surface area contributed by atoms with Crippen LogP contribution in [0, 0.1) is 5.92 Å². The maximum absolute atomic E-state index is 13.0. The molecule has 0 radical (unpaired) electrons. The molecule has 0 aromatic carbocycles. The highest BCUT2D eigenvalue weighted by molar-refractivity contribution is 7.08. The third kappa shape index (κ3) is 5.33. The number of carbonyl (C=O) groups excluding carboxylic acids is 1. The lowest BCUT2D eigenvalue weighted by Gasteiger charge is -2.38. The van der Waals surface area contributed by atoms with E-state index in [9.17, 15) is 4.79 Å². The zero-order chi connectivity index (χ0) is 18.5. The molecular formula is C22H34N2O2S. The largest absolute Gasteiger partial charge is 0.376 e. The smallest absolute Gasteiger partial charge is 0.227 e. The number of rotatable bonds is 7. The van der Waals surface area contributed by atoms with Crippen molar-refractivity contribution in [3.8, 4) is 0 Å². The van der Waals surface area contributed by atoms with E-state index in [0.29, 0.717) is 12.3 Å². The lowest BCUT2D eigenvalue weighted by molar-refractivity contribution is -0.133. The number of thiophene rings is 1. The first-order valence-electron chi connectivity index (χ1n) is 10.9. The summed E-state index contributed by atoms with van der Waals surface area (Å²) in [6.07, 6.45) is 11.1. The first kappa shape index (κ1) is 19.4. The van der Waals surface area contributed by atoms with Crippen molar-refractivity contribution in [2.75, 3.05) is 32.8 Å². The van der Waals surface area contributed by atoms with Crippen LogP contribution in [0.25, 0.3) is 0 Å². The van der Waals surface area contributed by atoms with E-state index in [4.69, 9.17) is 4.74 Å². The molecular weight excluding hydrogens is 356 g/mol. The van der Waals surface area contributed by atoms with Gasteiger partial charge in [0, 0.05) is 25.7 Å². The average molecular weight is 391 g/mol. The second-order valence-corrected chi connectivity index (χ2v) is 9.44. The zero-order valence-electron chi connectivity index (χ0n) is 16.5. The molecule has 1 saturated carbocycles. The average Bonchev–Trinajstić information content (AvgIpc) is 3.45. The van der Waals surface area contributed by atoms with Crippen LogP contribution in [0.15, 0.2) is 16.8 Å². The minimum absolute atomic E-state index is 0.245. The van der Waals surface area contributed by atoms with Crippen LogP contribution in [0.3, 0.4) is 0 Å². The van der Waals surface area contributed by atoms with Gasteiger partial charge in [-0.05, 0) is 79.9 Å². The van der Waals surface area contributed by atoms with E-state index < -0.39 is 0 Å². The molecule has 1 aromatic rings. The summed E-state index contributed by atoms with van der Waals surface area (Å²) in [7, 11) is 0. The molecule has 1 aromatic heterocycles. The summed E-state index contributed by atoms with van der Waals surface area (Å²) in [5.41, 5.74) is 1.15. The predicted molar refractivity (Wildman–Crippen MR) is 110 cm³/mol. The standard InChI is InChI=1S/C22H34N2O2S/c25-22(14-19-9-13-27-17-19)24(16-21-6-3-12-26-21)15-18-7-10-23(11-8-18)20-4-1-2-5-20/h9,13,17-18,20-21H,1-8,10-12,14-16H2/t21-/m1/s1. The van der Waals surface area contributed by atoms with Gasteiger partial charge in [-0.25, -0.2) is 0 Å². The molecule has 150 valence electrons. The Kier molecular flexibility index (Phi) is 6.85. The molecule has 4 rings (SSSR count). The van der Waals surface area contributed by atoms with Crippen LogP contribution in [-0.2, 0) is 16.0 Å². The van der Waals surface area contributed by atoms with Crippen LogP contribution in [0.2, 0.25) is 0 Å². The second kappa shape index (κ2) is 9.53. The Bertz CT molecular complexity index is 571. The van der Waals surface area contributed by atoms with Crippen molar-refractivity contribution in [3.63, 3.8) is 0 Å². The van der Waals surface area contributed by atoms with Gasteiger partial charge in [-0.1, -0.05) is 12.8 Å². The maximum atomic E-state index is 13.0. The van der Waals surface area contributed by atoms with Crippen molar-refractivity contribution < 1.29 is 9.53 Å². The fourth-order valence-electron chi connectivity index (χ4n) is 5.07. The molecule has 1 aliphatic carbocycles. The van der Waals surface area contributed by atoms with Gasteiger partial charge >= 0.3 is 0 Å². The molecule has 2 saturated heterocycles. The molecule has 4 nitrogen and oxygen atoms in total. The summed E-state index contributed by atoms with van der Waals surface area (Å²) in [4.78, 5) is 17.9. The number of carbonyl (C=O) groups is 1. The van der Waals surface area contributed by atoms with Crippen LogP contribution in [0.1, 0.15) is 56.9 Å². The lowest BCUT2D eigenvalue weighted by atomic mass is 9.94. The number of hydrogen-bond acceptors (Lipinski definition) is 4. The first-order chi connectivity index (χ1) is 13.3. The summed E-state index contributed by atoms with van der Waals surface area (Å²) in [5, 5.41) is 4.16. The fourth-order valence-corrected chi connectivity index (χ4v) is 5.74. The summed E-state index contributed by atoms with van der Waals surface area (Å²) >= 11 is 1.67. The Morgan fingerprint density at radius 1 is 1.11 bits per heavy atom. The molecule has 0 N–H and O–H groups in total. The van der Waals surface area contributed by atoms with E-state index in [1.807, 2.05) is 0 Å². The normalized spacial score (nSPS) is 25.3. The Morgan fingerprint density at radius 2 is 1.93 bits per heavy atom. The van der Waals surface area contributed by atoms with Crippen LogP contribution in [-0.4, -0.2) is 60.6 Å². The zero-order valence-corrected chi connectivity index (χ0v) is 17.3. The van der Waals surface area contributed by atoms with E-state index in [1.54, 1.807) is 11.3 Å². The molecule has 0 bridgehead atoms. The SMILES string of the molecule is O=C(Cc1ccsc1)N(CC1CCN(C2CCCC2)CC1)C[C@H]1CCCO1. The van der Waals surface area contributed by atoms with E-state index in [1.165, 1.54) is 51.6 Å². The molecule has 1 atom stereocenters. The van der Waals surface area contributed by atoms with Crippen molar-refractivity contribution in [1.29, 1.82) is 0 Å². The third-order valence-electron chi connectivity index (χ3n) is 6.70. The molecule has 5 heteroatoms. The second-order valence-electron chi connectivity index (χ2n) is 8.66. The van der Waals surface area contributed by atoms with Crippen LogP contribution in [0.4, 0.5) is 0 Å². The van der Waals surface area contributed by atoms with Gasteiger partial charge < -0.3 is 14.5 Å². The van der Waals surface area contributed by atoms with Crippen molar-refractivity contribution in [2.24, 2.45) is 5.92 Å².